The highest BCUT2D eigenvalue weighted by Crippen LogP contribution is 2.29. The SMILES string of the molecule is CNC(Cc1nc(C(C)(C)C)cs1)c1ccc(Cl)c(Cl)c1. The van der Waals surface area contributed by atoms with Gasteiger partial charge in [-0.1, -0.05) is 50.0 Å². The number of nitrogens with zero attached hydrogens (tertiary/aromatic N) is 1. The van der Waals surface area contributed by atoms with Gasteiger partial charge in [0.15, 0.2) is 0 Å². The lowest BCUT2D eigenvalue weighted by atomic mass is 9.93. The molecule has 1 aromatic carbocycles. The van der Waals surface area contributed by atoms with Gasteiger partial charge in [0.2, 0.25) is 0 Å². The van der Waals surface area contributed by atoms with E-state index in [4.69, 9.17) is 28.2 Å². The highest BCUT2D eigenvalue weighted by molar-refractivity contribution is 7.09. The van der Waals surface area contributed by atoms with Crippen molar-refractivity contribution < 1.29 is 0 Å². The van der Waals surface area contributed by atoms with Gasteiger partial charge in [-0.25, -0.2) is 4.98 Å². The van der Waals surface area contributed by atoms with Crippen molar-refractivity contribution in [1.29, 1.82) is 0 Å². The summed E-state index contributed by atoms with van der Waals surface area (Å²) in [5.74, 6) is 0. The Balaban J connectivity index is 2.19. The molecule has 1 heterocycles. The minimum atomic E-state index is 0.0907. The summed E-state index contributed by atoms with van der Waals surface area (Å²) in [6.45, 7) is 6.54. The summed E-state index contributed by atoms with van der Waals surface area (Å²) in [6, 6.07) is 5.95. The van der Waals surface area contributed by atoms with E-state index in [-0.39, 0.29) is 11.5 Å². The monoisotopic (exact) mass is 342 g/mol. The summed E-state index contributed by atoms with van der Waals surface area (Å²) in [4.78, 5) is 4.75. The molecule has 21 heavy (non-hydrogen) atoms. The van der Waals surface area contributed by atoms with Crippen LogP contribution in [0.25, 0.3) is 0 Å². The van der Waals surface area contributed by atoms with Crippen LogP contribution >= 0.6 is 34.5 Å². The van der Waals surface area contributed by atoms with E-state index >= 15 is 0 Å². The number of hydrogen-bond acceptors (Lipinski definition) is 3. The Bertz CT molecular complexity index is 617. The largest absolute Gasteiger partial charge is 0.313 e. The molecule has 0 spiro atoms. The maximum atomic E-state index is 6.11. The van der Waals surface area contributed by atoms with Gasteiger partial charge < -0.3 is 5.32 Å². The molecule has 2 rings (SSSR count). The van der Waals surface area contributed by atoms with Crippen LogP contribution in [0.4, 0.5) is 0 Å². The van der Waals surface area contributed by atoms with Gasteiger partial charge >= 0.3 is 0 Å². The lowest BCUT2D eigenvalue weighted by Crippen LogP contribution is -2.19. The molecule has 1 atom stereocenters. The third-order valence-corrected chi connectivity index (χ3v) is 5.00. The van der Waals surface area contributed by atoms with Crippen molar-refractivity contribution in [3.63, 3.8) is 0 Å². The highest BCUT2D eigenvalue weighted by Gasteiger charge is 2.19. The van der Waals surface area contributed by atoms with Crippen LogP contribution in [0.15, 0.2) is 23.6 Å². The van der Waals surface area contributed by atoms with Crippen molar-refractivity contribution in [3.8, 4) is 0 Å². The Hall–Kier alpha value is -0.610. The van der Waals surface area contributed by atoms with E-state index in [0.717, 1.165) is 22.7 Å². The number of likely N-dealkylation sites (N-methyl/N-ethyl adjacent to an activating group) is 1. The zero-order valence-corrected chi connectivity index (χ0v) is 15.0. The van der Waals surface area contributed by atoms with Crippen molar-refractivity contribution in [2.24, 2.45) is 0 Å². The number of aromatic nitrogens is 1. The molecule has 0 aliphatic carbocycles. The topological polar surface area (TPSA) is 24.9 Å². The van der Waals surface area contributed by atoms with Gasteiger partial charge in [-0.3, -0.25) is 0 Å². The van der Waals surface area contributed by atoms with E-state index in [1.165, 1.54) is 0 Å². The summed E-state index contributed by atoms with van der Waals surface area (Å²) in [5, 5.41) is 7.78. The lowest BCUT2D eigenvalue weighted by molar-refractivity contribution is 0.560. The Morgan fingerprint density at radius 1 is 1.24 bits per heavy atom. The van der Waals surface area contributed by atoms with E-state index in [9.17, 15) is 0 Å². The number of benzene rings is 1. The second kappa shape index (κ2) is 6.66. The number of halogens is 2. The molecule has 0 aliphatic heterocycles. The van der Waals surface area contributed by atoms with Crippen molar-refractivity contribution in [2.45, 2.75) is 38.6 Å². The summed E-state index contributed by atoms with van der Waals surface area (Å²) < 4.78 is 0. The third kappa shape index (κ3) is 4.19. The Kier molecular flexibility index (Phi) is 5.31. The fraction of sp³-hybridized carbons (Fsp3) is 0.438. The predicted octanol–water partition coefficient (Wildman–Crippen LogP) is 5.25. The maximum Gasteiger partial charge on any atom is 0.0947 e. The van der Waals surface area contributed by atoms with E-state index in [1.54, 1.807) is 11.3 Å². The maximum absolute atomic E-state index is 6.11. The quantitative estimate of drug-likeness (QED) is 0.820. The van der Waals surface area contributed by atoms with Crippen LogP contribution in [0.1, 0.15) is 43.1 Å². The molecule has 2 nitrogen and oxygen atoms in total. The molecule has 0 aliphatic rings. The third-order valence-electron chi connectivity index (χ3n) is 3.39. The van der Waals surface area contributed by atoms with Gasteiger partial charge in [0.25, 0.3) is 0 Å². The van der Waals surface area contributed by atoms with E-state index in [2.05, 4.69) is 31.5 Å². The zero-order valence-electron chi connectivity index (χ0n) is 12.7. The van der Waals surface area contributed by atoms with Crippen molar-refractivity contribution in [1.82, 2.24) is 10.3 Å². The molecule has 0 fully saturated rings. The van der Waals surface area contributed by atoms with Gasteiger partial charge in [0.05, 0.1) is 20.7 Å². The first-order chi connectivity index (χ1) is 9.81. The molecular formula is C16H20Cl2N2S. The number of hydrogen-bond donors (Lipinski definition) is 1. The predicted molar refractivity (Wildman–Crippen MR) is 92.8 cm³/mol. The molecule has 0 saturated carbocycles. The first kappa shape index (κ1) is 16.8. The lowest BCUT2D eigenvalue weighted by Gasteiger charge is -2.17. The van der Waals surface area contributed by atoms with Gasteiger partial charge in [0.1, 0.15) is 0 Å². The smallest absolute Gasteiger partial charge is 0.0947 e. The normalized spacial score (nSPS) is 13.4. The van der Waals surface area contributed by atoms with Crippen LogP contribution in [-0.4, -0.2) is 12.0 Å². The minimum absolute atomic E-state index is 0.0907. The second-order valence-corrected chi connectivity index (χ2v) is 7.85. The molecule has 2 aromatic rings. The summed E-state index contributed by atoms with van der Waals surface area (Å²) >= 11 is 13.8. The van der Waals surface area contributed by atoms with Crippen LogP contribution in [0, 0.1) is 0 Å². The fourth-order valence-corrected chi connectivity index (χ4v) is 3.41. The first-order valence-electron chi connectivity index (χ1n) is 6.88. The minimum Gasteiger partial charge on any atom is -0.313 e. The summed E-state index contributed by atoms with van der Waals surface area (Å²) in [6.07, 6.45) is 0.842. The number of thiazole rings is 1. The molecule has 0 amide bonds. The molecule has 0 radical (unpaired) electrons. The van der Waals surface area contributed by atoms with Crippen LogP contribution in [0.5, 0.6) is 0 Å². The van der Waals surface area contributed by atoms with Gasteiger partial charge in [0, 0.05) is 23.3 Å². The molecule has 1 N–H and O–H groups in total. The Morgan fingerprint density at radius 2 is 1.95 bits per heavy atom. The van der Waals surface area contributed by atoms with Crippen molar-refractivity contribution in [2.75, 3.05) is 7.05 Å². The zero-order chi connectivity index (χ0) is 15.6. The summed E-state index contributed by atoms with van der Waals surface area (Å²) in [5.41, 5.74) is 2.36. The van der Waals surface area contributed by atoms with E-state index in [1.807, 2.05) is 25.2 Å². The standard InChI is InChI=1S/C16H20Cl2N2S/c1-16(2,3)14-9-21-15(20-14)8-13(19-4)10-5-6-11(17)12(18)7-10/h5-7,9,13,19H,8H2,1-4H3. The van der Waals surface area contributed by atoms with E-state index < -0.39 is 0 Å². The molecule has 5 heteroatoms. The van der Waals surface area contributed by atoms with Crippen LogP contribution < -0.4 is 5.32 Å². The van der Waals surface area contributed by atoms with E-state index in [0.29, 0.717) is 10.0 Å². The average Bonchev–Trinajstić information content (AvgIpc) is 2.88. The van der Waals surface area contributed by atoms with Gasteiger partial charge in [-0.05, 0) is 24.7 Å². The van der Waals surface area contributed by atoms with Crippen LogP contribution in [0.2, 0.25) is 10.0 Å². The summed E-state index contributed by atoms with van der Waals surface area (Å²) in [7, 11) is 1.95. The molecule has 0 bridgehead atoms. The van der Waals surface area contributed by atoms with Crippen LogP contribution in [0.3, 0.4) is 0 Å². The Morgan fingerprint density at radius 3 is 2.48 bits per heavy atom. The van der Waals surface area contributed by atoms with Crippen LogP contribution in [-0.2, 0) is 11.8 Å². The Labute approximate surface area is 140 Å². The molecule has 114 valence electrons. The molecule has 1 unspecified atom stereocenters. The number of rotatable bonds is 4. The fourth-order valence-electron chi connectivity index (χ4n) is 2.04. The first-order valence-corrected chi connectivity index (χ1v) is 8.52. The van der Waals surface area contributed by atoms with Crippen molar-refractivity contribution in [3.05, 3.63) is 49.9 Å². The second-order valence-electron chi connectivity index (χ2n) is 6.10. The molecule has 1 aromatic heterocycles. The van der Waals surface area contributed by atoms with Gasteiger partial charge in [-0.2, -0.15) is 0 Å². The number of nitrogens with one attached hydrogen (secondary N) is 1. The average molecular weight is 343 g/mol. The molecule has 0 saturated heterocycles. The molecular weight excluding hydrogens is 323 g/mol. The van der Waals surface area contributed by atoms with Gasteiger partial charge in [-0.15, -0.1) is 11.3 Å². The van der Waals surface area contributed by atoms with Crippen molar-refractivity contribution >= 4 is 34.5 Å². The highest BCUT2D eigenvalue weighted by atomic mass is 35.5.